The van der Waals surface area contributed by atoms with Gasteiger partial charge in [0.25, 0.3) is 5.91 Å². The maximum atomic E-state index is 13.0. The van der Waals surface area contributed by atoms with E-state index < -0.39 is 12.1 Å². The van der Waals surface area contributed by atoms with E-state index in [4.69, 9.17) is 31.2 Å². The predicted octanol–water partition coefficient (Wildman–Crippen LogP) is 6.89. The number of rotatable bonds is 9. The van der Waals surface area contributed by atoms with Crippen LogP contribution < -0.4 is 10.6 Å². The molecule has 1 aliphatic heterocycles. The number of aliphatic carboxylic acids is 1. The number of halogens is 4. The Hall–Kier alpha value is -4.10. The zero-order valence-corrected chi connectivity index (χ0v) is 26.9. The fourth-order valence-corrected chi connectivity index (χ4v) is 4.82. The highest BCUT2D eigenvalue weighted by Crippen LogP contribution is 2.28. The maximum Gasteiger partial charge on any atom is 0.490 e. The molecule has 1 aliphatic rings. The third-order valence-electron chi connectivity index (χ3n) is 7.59. The quantitative estimate of drug-likeness (QED) is 0.213. The van der Waals surface area contributed by atoms with Crippen molar-refractivity contribution in [2.75, 3.05) is 18.5 Å². The topological polar surface area (TPSA) is 126 Å². The lowest BCUT2D eigenvalue weighted by Crippen LogP contribution is -2.45. The Morgan fingerprint density at radius 3 is 2.41 bits per heavy atom. The Labute approximate surface area is 270 Å². The second kappa shape index (κ2) is 15.5. The second-order valence-electron chi connectivity index (χ2n) is 12.0. The van der Waals surface area contributed by atoms with Gasteiger partial charge in [-0.2, -0.15) is 13.2 Å². The number of anilines is 1. The number of aromatic nitrogens is 2. The van der Waals surface area contributed by atoms with E-state index in [0.717, 1.165) is 36.0 Å². The third kappa shape index (κ3) is 9.95. The zero-order chi connectivity index (χ0) is 34.2. The van der Waals surface area contributed by atoms with Crippen LogP contribution in [0.15, 0.2) is 55.1 Å². The van der Waals surface area contributed by atoms with Crippen molar-refractivity contribution >= 4 is 46.6 Å². The molecule has 1 unspecified atom stereocenters. The average molecular weight is 666 g/mol. The Bertz CT molecular complexity index is 1530. The summed E-state index contributed by atoms with van der Waals surface area (Å²) in [4.78, 5) is 41.5. The van der Waals surface area contributed by atoms with E-state index in [2.05, 4.69) is 42.6 Å². The normalized spacial score (nSPS) is 15.4. The first-order chi connectivity index (χ1) is 21.5. The van der Waals surface area contributed by atoms with Crippen molar-refractivity contribution in [2.24, 2.45) is 5.41 Å². The van der Waals surface area contributed by atoms with Crippen LogP contribution in [0.25, 0.3) is 11.0 Å². The lowest BCUT2D eigenvalue weighted by atomic mass is 9.87. The van der Waals surface area contributed by atoms with E-state index in [9.17, 15) is 22.8 Å². The van der Waals surface area contributed by atoms with E-state index in [0.29, 0.717) is 35.7 Å². The van der Waals surface area contributed by atoms with Gasteiger partial charge in [-0.3, -0.25) is 10.1 Å². The van der Waals surface area contributed by atoms with Crippen LogP contribution >= 0.6 is 11.6 Å². The zero-order valence-electron chi connectivity index (χ0n) is 26.2. The third-order valence-corrected chi connectivity index (χ3v) is 7.84. The minimum absolute atomic E-state index is 0.0780. The SMILES string of the molecule is C=CCOC(=O)N(Cc1ccc2c(c1)nc(NC(=O)c1ccc(Cl)cc1)n2CC1CCCN1)[C@@H](C)C(C)(C)C.O=C(O)C(F)(F)F. The van der Waals surface area contributed by atoms with Crippen LogP contribution in [0.2, 0.25) is 5.02 Å². The van der Waals surface area contributed by atoms with Crippen molar-refractivity contribution in [2.45, 2.75) is 71.9 Å². The molecule has 250 valence electrons. The number of carbonyl (C=O) groups excluding carboxylic acids is 2. The monoisotopic (exact) mass is 665 g/mol. The van der Waals surface area contributed by atoms with Crippen LogP contribution in [-0.2, 0) is 22.6 Å². The minimum atomic E-state index is -5.08. The maximum absolute atomic E-state index is 13.0. The molecule has 4 rings (SSSR count). The van der Waals surface area contributed by atoms with Crippen molar-refractivity contribution in [3.05, 3.63) is 71.3 Å². The van der Waals surface area contributed by atoms with Gasteiger partial charge in [0.2, 0.25) is 5.95 Å². The molecule has 46 heavy (non-hydrogen) atoms. The molecule has 10 nitrogen and oxygen atoms in total. The van der Waals surface area contributed by atoms with E-state index in [-0.39, 0.29) is 30.1 Å². The van der Waals surface area contributed by atoms with Crippen LogP contribution in [0, 0.1) is 5.41 Å². The molecule has 0 spiro atoms. The fourth-order valence-electron chi connectivity index (χ4n) is 4.70. The first-order valence-electron chi connectivity index (χ1n) is 14.6. The van der Waals surface area contributed by atoms with Crippen LogP contribution in [-0.4, -0.2) is 68.9 Å². The van der Waals surface area contributed by atoms with Crippen LogP contribution in [0.1, 0.15) is 56.5 Å². The summed E-state index contributed by atoms with van der Waals surface area (Å²) in [6.45, 7) is 14.2. The van der Waals surface area contributed by atoms with Gasteiger partial charge < -0.3 is 24.6 Å². The molecule has 0 saturated carbocycles. The summed E-state index contributed by atoms with van der Waals surface area (Å²) in [5.41, 5.74) is 2.95. The number of hydrogen-bond acceptors (Lipinski definition) is 6. The highest BCUT2D eigenvalue weighted by Gasteiger charge is 2.38. The highest BCUT2D eigenvalue weighted by atomic mass is 35.5. The summed E-state index contributed by atoms with van der Waals surface area (Å²) in [6, 6.07) is 13.0. The molecule has 1 fully saturated rings. The number of nitrogens with one attached hydrogen (secondary N) is 2. The predicted molar refractivity (Wildman–Crippen MR) is 170 cm³/mol. The van der Waals surface area contributed by atoms with E-state index in [1.54, 1.807) is 35.2 Å². The number of hydrogen-bond donors (Lipinski definition) is 3. The smallest absolute Gasteiger partial charge is 0.475 e. The molecule has 3 N–H and O–H groups in total. The van der Waals surface area contributed by atoms with Crippen molar-refractivity contribution < 1.29 is 37.4 Å². The number of amides is 2. The molecular weight excluding hydrogens is 627 g/mol. The number of benzene rings is 2. The number of ether oxygens (including phenoxy) is 1. The van der Waals surface area contributed by atoms with Gasteiger partial charge in [0.15, 0.2) is 0 Å². The van der Waals surface area contributed by atoms with Crippen molar-refractivity contribution in [1.82, 2.24) is 19.8 Å². The molecule has 14 heteroatoms. The van der Waals surface area contributed by atoms with Crippen molar-refractivity contribution in [3.8, 4) is 0 Å². The molecule has 3 aromatic rings. The summed E-state index contributed by atoms with van der Waals surface area (Å²) < 4.78 is 39.2. The summed E-state index contributed by atoms with van der Waals surface area (Å²) in [7, 11) is 0. The standard InChI is InChI=1S/C30H38ClN5O3.C2HF3O2/c1-6-16-39-29(38)35(20(2)30(3,4)5)18-21-9-14-26-25(17-21)33-28(36(26)19-24-8-7-15-32-24)34-27(37)22-10-12-23(31)13-11-22;3-2(4,5)1(6)7/h6,9-14,17,20,24,32H,1,7-8,15-16,18-19H2,2-5H3,(H,33,34,37);(H,6,7)/t20-,24?;/m0./s1. The summed E-state index contributed by atoms with van der Waals surface area (Å²) >= 11 is 6.00. The first kappa shape index (κ1) is 36.4. The van der Waals surface area contributed by atoms with Crippen molar-refractivity contribution in [1.29, 1.82) is 0 Å². The Morgan fingerprint density at radius 2 is 1.87 bits per heavy atom. The van der Waals surface area contributed by atoms with E-state index >= 15 is 0 Å². The molecule has 2 atom stereocenters. The molecule has 2 aromatic carbocycles. The number of alkyl halides is 3. The molecule has 0 radical (unpaired) electrons. The number of carboxylic acids is 1. The molecule has 0 aliphatic carbocycles. The van der Waals surface area contributed by atoms with Gasteiger partial charge in [0.05, 0.1) is 11.0 Å². The van der Waals surface area contributed by atoms with Crippen LogP contribution in [0.3, 0.4) is 0 Å². The molecule has 1 aromatic heterocycles. The summed E-state index contributed by atoms with van der Waals surface area (Å²) in [6.07, 6.45) is -1.71. The van der Waals surface area contributed by atoms with Crippen LogP contribution in [0.5, 0.6) is 0 Å². The highest BCUT2D eigenvalue weighted by molar-refractivity contribution is 6.30. The summed E-state index contributed by atoms with van der Waals surface area (Å²) in [5.74, 6) is -2.52. The van der Waals surface area contributed by atoms with Crippen molar-refractivity contribution in [3.63, 3.8) is 0 Å². The Kier molecular flexibility index (Phi) is 12.2. The van der Waals surface area contributed by atoms with Gasteiger partial charge >= 0.3 is 18.2 Å². The minimum Gasteiger partial charge on any atom is -0.475 e. The summed E-state index contributed by atoms with van der Waals surface area (Å²) in [5, 5.41) is 14.2. The van der Waals surface area contributed by atoms with Gasteiger partial charge in [-0.25, -0.2) is 14.6 Å². The molecule has 1 saturated heterocycles. The number of fused-ring (bicyclic) bond motifs is 1. The van der Waals surface area contributed by atoms with Gasteiger partial charge in [-0.1, -0.05) is 51.1 Å². The Morgan fingerprint density at radius 1 is 1.22 bits per heavy atom. The van der Waals surface area contributed by atoms with E-state index in [1.165, 1.54) is 0 Å². The van der Waals surface area contributed by atoms with Gasteiger partial charge in [-0.05, 0) is 73.7 Å². The van der Waals surface area contributed by atoms with Crippen LogP contribution in [0.4, 0.5) is 23.9 Å². The van der Waals surface area contributed by atoms with Gasteiger partial charge in [0, 0.05) is 35.8 Å². The first-order valence-corrected chi connectivity index (χ1v) is 15.0. The molecule has 2 amide bonds. The molecule has 0 bridgehead atoms. The Balaban J connectivity index is 0.000000738. The number of nitrogens with zero attached hydrogens (tertiary/aromatic N) is 3. The molecular formula is C32H39ClF3N5O5. The second-order valence-corrected chi connectivity index (χ2v) is 12.4. The fraction of sp³-hybridized carbons (Fsp3) is 0.438. The lowest BCUT2D eigenvalue weighted by Gasteiger charge is -2.37. The van der Waals surface area contributed by atoms with Gasteiger partial charge in [0.1, 0.15) is 6.61 Å². The average Bonchev–Trinajstić information content (AvgIpc) is 3.61. The van der Waals surface area contributed by atoms with Gasteiger partial charge in [-0.15, -0.1) is 0 Å². The number of carboxylic acid groups (broad SMARTS) is 1. The van der Waals surface area contributed by atoms with E-state index in [1.807, 2.05) is 25.1 Å². The number of imidazole rings is 1. The number of carbonyl (C=O) groups is 3. The lowest BCUT2D eigenvalue weighted by molar-refractivity contribution is -0.192. The largest absolute Gasteiger partial charge is 0.490 e. The molecule has 2 heterocycles.